The summed E-state index contributed by atoms with van der Waals surface area (Å²) in [6.45, 7) is 0. The van der Waals surface area contributed by atoms with Crippen LogP contribution in [0.5, 0.6) is 5.75 Å². The molecule has 0 saturated carbocycles. The molecule has 0 amide bonds. The molecule has 27 heavy (non-hydrogen) atoms. The van der Waals surface area contributed by atoms with E-state index in [-0.39, 0.29) is 0 Å². The highest BCUT2D eigenvalue weighted by molar-refractivity contribution is 6.30. The van der Waals surface area contributed by atoms with E-state index in [2.05, 4.69) is 36.4 Å². The van der Waals surface area contributed by atoms with Crippen LogP contribution in [0, 0.1) is 0 Å². The van der Waals surface area contributed by atoms with E-state index in [4.69, 9.17) is 26.5 Å². The largest absolute Gasteiger partial charge is 0.496 e. The van der Waals surface area contributed by atoms with Crippen molar-refractivity contribution in [3.8, 4) is 5.75 Å². The molecule has 4 aromatic rings. The van der Waals surface area contributed by atoms with E-state index in [0.29, 0.717) is 16.5 Å². The fourth-order valence-corrected chi connectivity index (χ4v) is 3.49. The van der Waals surface area contributed by atoms with Gasteiger partial charge in [0.05, 0.1) is 13.2 Å². The monoisotopic (exact) mass is 377 g/mol. The Hall–Kier alpha value is -2.75. The molecule has 0 radical (unpaired) electrons. The molecule has 3 nitrogen and oxygen atoms in total. The zero-order chi connectivity index (χ0) is 18.8. The lowest BCUT2D eigenvalue weighted by molar-refractivity contribution is 0.404. The van der Waals surface area contributed by atoms with Crippen molar-refractivity contribution in [2.75, 3.05) is 7.11 Å². The van der Waals surface area contributed by atoms with Gasteiger partial charge in [-0.1, -0.05) is 48.0 Å². The Kier molecular flexibility index (Phi) is 4.88. The summed E-state index contributed by atoms with van der Waals surface area (Å²) in [5, 5.41) is 1.65. The molecule has 1 atom stereocenters. The van der Waals surface area contributed by atoms with Gasteiger partial charge in [0.25, 0.3) is 0 Å². The van der Waals surface area contributed by atoms with Crippen molar-refractivity contribution in [2.24, 2.45) is 5.73 Å². The van der Waals surface area contributed by atoms with Crippen LogP contribution < -0.4 is 10.5 Å². The van der Waals surface area contributed by atoms with Crippen molar-refractivity contribution in [2.45, 2.75) is 12.5 Å². The number of fused-ring (bicyclic) bond motifs is 1. The fraction of sp³-hybridized carbons (Fsp3) is 0.130. The third-order valence-corrected chi connectivity index (χ3v) is 4.92. The highest BCUT2D eigenvalue weighted by Gasteiger charge is 2.19. The maximum absolute atomic E-state index is 6.45. The normalized spacial score (nSPS) is 12.3. The molecule has 0 aliphatic carbocycles. The number of hydrogen-bond acceptors (Lipinski definition) is 3. The second-order valence-electron chi connectivity index (χ2n) is 6.55. The molecule has 4 heteroatoms. The number of hydrogen-bond donors (Lipinski definition) is 1. The van der Waals surface area contributed by atoms with Gasteiger partial charge < -0.3 is 14.9 Å². The third-order valence-electron chi connectivity index (χ3n) is 4.68. The van der Waals surface area contributed by atoms with E-state index in [1.807, 2.05) is 30.3 Å². The van der Waals surface area contributed by atoms with Gasteiger partial charge in [0.2, 0.25) is 0 Å². The summed E-state index contributed by atoms with van der Waals surface area (Å²) >= 11 is 6.14. The van der Waals surface area contributed by atoms with Gasteiger partial charge in [0.1, 0.15) is 17.1 Å². The number of rotatable bonds is 5. The van der Waals surface area contributed by atoms with Gasteiger partial charge in [-0.05, 0) is 53.9 Å². The third kappa shape index (κ3) is 3.70. The Morgan fingerprint density at radius 3 is 2.56 bits per heavy atom. The zero-order valence-electron chi connectivity index (χ0n) is 15.0. The minimum absolute atomic E-state index is 0.455. The summed E-state index contributed by atoms with van der Waals surface area (Å²) < 4.78 is 11.4. The number of ether oxygens (including phenoxy) is 1. The Balaban J connectivity index is 1.66. The molecule has 0 fully saturated rings. The van der Waals surface area contributed by atoms with Gasteiger partial charge in [-0.25, -0.2) is 0 Å². The zero-order valence-corrected chi connectivity index (χ0v) is 15.7. The first-order valence-electron chi connectivity index (χ1n) is 8.79. The number of nitrogens with two attached hydrogens (primary N) is 1. The predicted molar refractivity (Wildman–Crippen MR) is 109 cm³/mol. The van der Waals surface area contributed by atoms with Crippen LogP contribution in [0.2, 0.25) is 5.02 Å². The van der Waals surface area contributed by atoms with Gasteiger partial charge in [0, 0.05) is 16.0 Å². The van der Waals surface area contributed by atoms with Gasteiger partial charge in [-0.3, -0.25) is 0 Å². The minimum Gasteiger partial charge on any atom is -0.496 e. The van der Waals surface area contributed by atoms with Gasteiger partial charge in [0.15, 0.2) is 0 Å². The molecule has 2 N–H and O–H groups in total. The highest BCUT2D eigenvalue weighted by atomic mass is 35.5. The standard InChI is InChI=1S/C23H20ClNO2/c1-26-21-10-8-18(24)14-19(21)23(25)22-13-17-12-16(7-9-20(17)27-22)11-15-5-3-2-4-6-15/h2-10,12-14,23H,11,25H2,1H3. The molecule has 1 aromatic heterocycles. The van der Waals surface area contributed by atoms with Crippen molar-refractivity contribution in [3.05, 3.63) is 100 Å². The topological polar surface area (TPSA) is 48.4 Å². The van der Waals surface area contributed by atoms with E-state index in [9.17, 15) is 0 Å². The molecule has 136 valence electrons. The first kappa shape index (κ1) is 17.7. The lowest BCUT2D eigenvalue weighted by Gasteiger charge is -2.14. The van der Waals surface area contributed by atoms with Crippen LogP contribution >= 0.6 is 11.6 Å². The lowest BCUT2D eigenvalue weighted by Crippen LogP contribution is -2.12. The van der Waals surface area contributed by atoms with Gasteiger partial charge >= 0.3 is 0 Å². The van der Waals surface area contributed by atoms with Crippen LogP contribution in [-0.4, -0.2) is 7.11 Å². The molecule has 0 saturated heterocycles. The van der Waals surface area contributed by atoms with Crippen molar-refractivity contribution < 1.29 is 9.15 Å². The Morgan fingerprint density at radius 1 is 0.963 bits per heavy atom. The molecule has 0 aliphatic rings. The number of halogens is 1. The quantitative estimate of drug-likeness (QED) is 0.483. The summed E-state index contributed by atoms with van der Waals surface area (Å²) in [7, 11) is 1.62. The van der Waals surface area contributed by atoms with Crippen LogP contribution in [0.4, 0.5) is 0 Å². The maximum atomic E-state index is 6.45. The fourth-order valence-electron chi connectivity index (χ4n) is 3.31. The second kappa shape index (κ2) is 7.47. The van der Waals surface area contributed by atoms with Crippen molar-refractivity contribution >= 4 is 22.6 Å². The molecule has 1 unspecified atom stereocenters. The Morgan fingerprint density at radius 2 is 1.78 bits per heavy atom. The molecular weight excluding hydrogens is 358 g/mol. The lowest BCUT2D eigenvalue weighted by atomic mass is 10.0. The minimum atomic E-state index is -0.455. The van der Waals surface area contributed by atoms with Crippen molar-refractivity contribution in [1.82, 2.24) is 0 Å². The SMILES string of the molecule is COc1ccc(Cl)cc1C(N)c1cc2cc(Cc3ccccc3)ccc2o1. The summed E-state index contributed by atoms with van der Waals surface area (Å²) in [5.74, 6) is 1.37. The highest BCUT2D eigenvalue weighted by Crippen LogP contribution is 2.33. The molecule has 0 bridgehead atoms. The average molecular weight is 378 g/mol. The average Bonchev–Trinajstić information content (AvgIpc) is 3.11. The van der Waals surface area contributed by atoms with Crippen LogP contribution in [0.15, 0.2) is 77.2 Å². The maximum Gasteiger partial charge on any atom is 0.134 e. The number of methoxy groups -OCH3 is 1. The smallest absolute Gasteiger partial charge is 0.134 e. The summed E-state index contributed by atoms with van der Waals surface area (Å²) in [6, 6.07) is 23.6. The van der Waals surface area contributed by atoms with Crippen LogP contribution in [-0.2, 0) is 6.42 Å². The van der Waals surface area contributed by atoms with E-state index in [1.165, 1.54) is 11.1 Å². The number of furan rings is 1. The van der Waals surface area contributed by atoms with Crippen LogP contribution in [0.25, 0.3) is 11.0 Å². The van der Waals surface area contributed by atoms with Crippen LogP contribution in [0.3, 0.4) is 0 Å². The predicted octanol–water partition coefficient (Wildman–Crippen LogP) is 5.73. The summed E-state index contributed by atoms with van der Waals surface area (Å²) in [4.78, 5) is 0. The van der Waals surface area contributed by atoms with Crippen molar-refractivity contribution in [1.29, 1.82) is 0 Å². The summed E-state index contributed by atoms with van der Waals surface area (Å²) in [6.07, 6.45) is 0.880. The second-order valence-corrected chi connectivity index (χ2v) is 6.98. The number of benzene rings is 3. The molecule has 0 aliphatic heterocycles. The first-order valence-corrected chi connectivity index (χ1v) is 9.17. The Bertz CT molecular complexity index is 1070. The first-order chi connectivity index (χ1) is 13.1. The molecule has 4 rings (SSSR count). The van der Waals surface area contributed by atoms with Crippen molar-refractivity contribution in [3.63, 3.8) is 0 Å². The molecule has 1 heterocycles. The van der Waals surface area contributed by atoms with Gasteiger partial charge in [-0.2, -0.15) is 0 Å². The van der Waals surface area contributed by atoms with E-state index < -0.39 is 6.04 Å². The Labute approximate surface area is 163 Å². The van der Waals surface area contributed by atoms with E-state index in [1.54, 1.807) is 13.2 Å². The molecule has 0 spiro atoms. The molecule has 3 aromatic carbocycles. The van der Waals surface area contributed by atoms with Gasteiger partial charge in [-0.15, -0.1) is 0 Å². The van der Waals surface area contributed by atoms with E-state index >= 15 is 0 Å². The van der Waals surface area contributed by atoms with Crippen LogP contribution in [0.1, 0.15) is 28.5 Å². The molecular formula is C23H20ClNO2. The van der Waals surface area contributed by atoms with E-state index in [0.717, 1.165) is 23.0 Å². The summed E-state index contributed by atoms with van der Waals surface area (Å²) in [5.41, 5.74) is 10.6.